The molecule has 0 spiro atoms. The third kappa shape index (κ3) is 2.87. The third-order valence-electron chi connectivity index (χ3n) is 2.99. The molecule has 0 aromatic heterocycles. The van der Waals surface area contributed by atoms with E-state index in [0.717, 1.165) is 31.5 Å². The zero-order valence-electron chi connectivity index (χ0n) is 9.60. The van der Waals surface area contributed by atoms with Gasteiger partial charge in [-0.1, -0.05) is 28.1 Å². The average molecular weight is 298 g/mol. The van der Waals surface area contributed by atoms with Gasteiger partial charge in [-0.25, -0.2) is 0 Å². The van der Waals surface area contributed by atoms with E-state index < -0.39 is 0 Å². The molecule has 1 aliphatic heterocycles. The van der Waals surface area contributed by atoms with Gasteiger partial charge < -0.3 is 10.0 Å². The molecule has 1 aromatic rings. The fourth-order valence-electron chi connectivity index (χ4n) is 2.06. The first-order valence-electron chi connectivity index (χ1n) is 5.87. The number of aliphatic hydroxyl groups excluding tert-OH is 1. The van der Waals surface area contributed by atoms with Gasteiger partial charge in [-0.15, -0.1) is 0 Å². The molecule has 2 rings (SSSR count). The Morgan fingerprint density at radius 3 is 2.94 bits per heavy atom. The van der Waals surface area contributed by atoms with Crippen LogP contribution in [0.3, 0.4) is 0 Å². The summed E-state index contributed by atoms with van der Waals surface area (Å²) in [6.45, 7) is 0.981. The van der Waals surface area contributed by atoms with Crippen molar-refractivity contribution < 1.29 is 9.90 Å². The number of aryl methyl sites for hydroxylation is 1. The average Bonchev–Trinajstić information content (AvgIpc) is 2.68. The first-order chi connectivity index (χ1) is 8.22. The maximum absolute atomic E-state index is 11.9. The quantitative estimate of drug-likeness (QED) is 0.865. The van der Waals surface area contributed by atoms with Gasteiger partial charge in [0.2, 0.25) is 5.91 Å². The number of benzene rings is 1. The molecule has 1 N–H and O–H groups in total. The largest absolute Gasteiger partial charge is 0.396 e. The molecule has 1 aromatic carbocycles. The molecule has 0 bridgehead atoms. The fraction of sp³-hybridized carbons (Fsp3) is 0.462. The normalized spacial score (nSPS) is 20.0. The van der Waals surface area contributed by atoms with Gasteiger partial charge in [0.15, 0.2) is 0 Å². The molecular weight excluding hydrogens is 282 g/mol. The van der Waals surface area contributed by atoms with Gasteiger partial charge in [-0.05, 0) is 37.0 Å². The minimum Gasteiger partial charge on any atom is -0.396 e. The number of alkyl halides is 1. The Balaban J connectivity index is 2.13. The van der Waals surface area contributed by atoms with Crippen LogP contribution in [0, 0.1) is 0 Å². The van der Waals surface area contributed by atoms with Crippen LogP contribution in [0.5, 0.6) is 0 Å². The maximum atomic E-state index is 11.9. The highest BCUT2D eigenvalue weighted by Gasteiger charge is 2.30. The molecule has 1 heterocycles. The van der Waals surface area contributed by atoms with E-state index in [1.807, 2.05) is 29.2 Å². The minimum absolute atomic E-state index is 0.0383. The van der Waals surface area contributed by atoms with Crippen LogP contribution in [0.1, 0.15) is 18.4 Å². The van der Waals surface area contributed by atoms with Gasteiger partial charge in [0, 0.05) is 18.8 Å². The Labute approximate surface area is 110 Å². The summed E-state index contributed by atoms with van der Waals surface area (Å²) in [5, 5.41) is 8.81. The van der Waals surface area contributed by atoms with E-state index in [2.05, 4.69) is 15.9 Å². The number of hydrogen-bond donors (Lipinski definition) is 1. The SMILES string of the molecule is O=C1C(Br)CCN1c1cccc(CCCO)c1. The number of halogens is 1. The number of carbonyl (C=O) groups excluding carboxylic acids is 1. The van der Waals surface area contributed by atoms with Crippen LogP contribution in [0.15, 0.2) is 24.3 Å². The number of nitrogens with zero attached hydrogens (tertiary/aromatic N) is 1. The van der Waals surface area contributed by atoms with Crippen molar-refractivity contribution in [1.29, 1.82) is 0 Å². The molecule has 4 heteroatoms. The van der Waals surface area contributed by atoms with E-state index >= 15 is 0 Å². The highest BCUT2D eigenvalue weighted by atomic mass is 79.9. The fourth-order valence-corrected chi connectivity index (χ4v) is 2.52. The molecule has 1 amide bonds. The second-order valence-corrected chi connectivity index (χ2v) is 5.35. The predicted molar refractivity (Wildman–Crippen MR) is 71.5 cm³/mol. The number of anilines is 1. The summed E-state index contributed by atoms with van der Waals surface area (Å²) < 4.78 is 0. The van der Waals surface area contributed by atoms with E-state index in [1.54, 1.807) is 0 Å². The molecule has 0 aliphatic carbocycles. The molecular formula is C13H16BrNO2. The summed E-state index contributed by atoms with van der Waals surface area (Å²) in [5.41, 5.74) is 2.13. The predicted octanol–water partition coefficient (Wildman–Crippen LogP) is 2.11. The highest BCUT2D eigenvalue weighted by Crippen LogP contribution is 2.26. The molecule has 92 valence electrons. The van der Waals surface area contributed by atoms with Crippen molar-refractivity contribution in [1.82, 2.24) is 0 Å². The first-order valence-corrected chi connectivity index (χ1v) is 6.79. The Morgan fingerprint density at radius 1 is 1.47 bits per heavy atom. The topological polar surface area (TPSA) is 40.5 Å². The van der Waals surface area contributed by atoms with Crippen LogP contribution in [0.25, 0.3) is 0 Å². The number of carbonyl (C=O) groups is 1. The molecule has 3 nitrogen and oxygen atoms in total. The zero-order valence-corrected chi connectivity index (χ0v) is 11.2. The van der Waals surface area contributed by atoms with Crippen molar-refractivity contribution in [2.45, 2.75) is 24.1 Å². The summed E-state index contributed by atoms with van der Waals surface area (Å²) in [6.07, 6.45) is 2.47. The Hall–Kier alpha value is -0.870. The summed E-state index contributed by atoms with van der Waals surface area (Å²) in [5.74, 6) is 0.143. The molecule has 1 unspecified atom stereocenters. The minimum atomic E-state index is -0.0383. The number of hydrogen-bond acceptors (Lipinski definition) is 2. The van der Waals surface area contributed by atoms with Crippen molar-refractivity contribution >= 4 is 27.5 Å². The van der Waals surface area contributed by atoms with Gasteiger partial charge in [0.1, 0.15) is 0 Å². The van der Waals surface area contributed by atoms with Crippen molar-refractivity contribution in [3.8, 4) is 0 Å². The van der Waals surface area contributed by atoms with Gasteiger partial charge in [-0.3, -0.25) is 4.79 Å². The van der Waals surface area contributed by atoms with Crippen LogP contribution in [0.2, 0.25) is 0 Å². The molecule has 1 aliphatic rings. The van der Waals surface area contributed by atoms with Crippen molar-refractivity contribution in [2.24, 2.45) is 0 Å². The van der Waals surface area contributed by atoms with Crippen LogP contribution in [-0.4, -0.2) is 29.0 Å². The summed E-state index contributed by atoms with van der Waals surface area (Å²) in [6, 6.07) is 8.01. The lowest BCUT2D eigenvalue weighted by molar-refractivity contribution is -0.116. The summed E-state index contributed by atoms with van der Waals surface area (Å²) >= 11 is 3.38. The lowest BCUT2D eigenvalue weighted by Crippen LogP contribution is -2.27. The Morgan fingerprint density at radius 2 is 2.29 bits per heavy atom. The smallest absolute Gasteiger partial charge is 0.240 e. The van der Waals surface area contributed by atoms with Crippen LogP contribution in [-0.2, 0) is 11.2 Å². The van der Waals surface area contributed by atoms with Crippen molar-refractivity contribution in [3.05, 3.63) is 29.8 Å². The van der Waals surface area contributed by atoms with Crippen molar-refractivity contribution in [3.63, 3.8) is 0 Å². The maximum Gasteiger partial charge on any atom is 0.240 e. The third-order valence-corrected chi connectivity index (χ3v) is 3.84. The molecule has 1 fully saturated rings. The van der Waals surface area contributed by atoms with E-state index in [9.17, 15) is 4.79 Å². The number of amides is 1. The molecule has 1 saturated heterocycles. The Kier molecular flexibility index (Phi) is 4.18. The highest BCUT2D eigenvalue weighted by molar-refractivity contribution is 9.10. The second-order valence-electron chi connectivity index (χ2n) is 4.24. The van der Waals surface area contributed by atoms with E-state index in [0.29, 0.717) is 0 Å². The molecule has 0 saturated carbocycles. The van der Waals surface area contributed by atoms with Gasteiger partial charge >= 0.3 is 0 Å². The van der Waals surface area contributed by atoms with Gasteiger partial charge in [0.25, 0.3) is 0 Å². The van der Waals surface area contributed by atoms with E-state index in [4.69, 9.17) is 5.11 Å². The number of aliphatic hydroxyl groups is 1. The molecule has 17 heavy (non-hydrogen) atoms. The molecule has 0 radical (unpaired) electrons. The van der Waals surface area contributed by atoms with E-state index in [-0.39, 0.29) is 17.3 Å². The van der Waals surface area contributed by atoms with Crippen molar-refractivity contribution in [2.75, 3.05) is 18.1 Å². The van der Waals surface area contributed by atoms with E-state index in [1.165, 1.54) is 5.56 Å². The van der Waals surface area contributed by atoms with Crippen LogP contribution >= 0.6 is 15.9 Å². The monoisotopic (exact) mass is 297 g/mol. The first kappa shape index (κ1) is 12.6. The van der Waals surface area contributed by atoms with Crippen LogP contribution in [0.4, 0.5) is 5.69 Å². The molecule has 1 atom stereocenters. The number of rotatable bonds is 4. The lowest BCUT2D eigenvalue weighted by Gasteiger charge is -2.16. The van der Waals surface area contributed by atoms with Crippen LogP contribution < -0.4 is 4.90 Å². The zero-order chi connectivity index (χ0) is 12.3. The van der Waals surface area contributed by atoms with Gasteiger partial charge in [0.05, 0.1) is 4.83 Å². The lowest BCUT2D eigenvalue weighted by atomic mass is 10.1. The second kappa shape index (κ2) is 5.65. The summed E-state index contributed by atoms with van der Waals surface area (Å²) in [7, 11) is 0. The standard InChI is InChI=1S/C13H16BrNO2/c14-12-6-7-15(13(12)17)11-5-1-3-10(9-11)4-2-8-16/h1,3,5,9,12,16H,2,4,6-8H2. The van der Waals surface area contributed by atoms with Gasteiger partial charge in [-0.2, -0.15) is 0 Å². The Bertz CT molecular complexity index is 408. The summed E-state index contributed by atoms with van der Waals surface area (Å²) in [4.78, 5) is 13.7.